The zero-order valence-corrected chi connectivity index (χ0v) is 20.2. The SMILES string of the molecule is COc1ccc(/C=N\NC(=O)c2ccc(-n3c(C)ccc3C)cc2)cc1CSc1ccccn1. The van der Waals surface area contributed by atoms with Gasteiger partial charge in [-0.1, -0.05) is 6.07 Å². The molecule has 34 heavy (non-hydrogen) atoms. The number of benzene rings is 2. The van der Waals surface area contributed by atoms with Crippen LogP contribution in [0.25, 0.3) is 5.69 Å². The second-order valence-corrected chi connectivity index (χ2v) is 8.72. The fourth-order valence-electron chi connectivity index (χ4n) is 3.64. The second kappa shape index (κ2) is 10.9. The van der Waals surface area contributed by atoms with E-state index >= 15 is 0 Å². The van der Waals surface area contributed by atoms with Gasteiger partial charge in [-0.2, -0.15) is 5.10 Å². The Balaban J connectivity index is 1.40. The molecule has 0 unspecified atom stereocenters. The van der Waals surface area contributed by atoms with Crippen LogP contribution < -0.4 is 10.2 Å². The van der Waals surface area contributed by atoms with E-state index in [0.717, 1.165) is 39.0 Å². The number of amides is 1. The Morgan fingerprint density at radius 2 is 1.82 bits per heavy atom. The van der Waals surface area contributed by atoms with Crippen LogP contribution in [0.1, 0.15) is 32.9 Å². The minimum atomic E-state index is -0.261. The lowest BCUT2D eigenvalue weighted by atomic mass is 10.1. The van der Waals surface area contributed by atoms with Gasteiger partial charge < -0.3 is 9.30 Å². The molecule has 6 nitrogen and oxygen atoms in total. The predicted octanol–water partition coefficient (Wildman–Crippen LogP) is 5.55. The van der Waals surface area contributed by atoms with E-state index < -0.39 is 0 Å². The van der Waals surface area contributed by atoms with Crippen LogP contribution in [-0.2, 0) is 5.75 Å². The van der Waals surface area contributed by atoms with E-state index in [2.05, 4.69) is 46.1 Å². The summed E-state index contributed by atoms with van der Waals surface area (Å²) in [7, 11) is 1.66. The number of nitrogens with one attached hydrogen (secondary N) is 1. The smallest absolute Gasteiger partial charge is 0.271 e. The van der Waals surface area contributed by atoms with E-state index in [1.165, 1.54) is 0 Å². The van der Waals surface area contributed by atoms with Crippen molar-refractivity contribution in [3.05, 3.63) is 107 Å². The molecule has 0 fully saturated rings. The number of ether oxygens (including phenoxy) is 1. The van der Waals surface area contributed by atoms with E-state index in [0.29, 0.717) is 11.3 Å². The summed E-state index contributed by atoms with van der Waals surface area (Å²) in [6, 6.07) is 23.3. The van der Waals surface area contributed by atoms with E-state index in [1.54, 1.807) is 43.4 Å². The summed E-state index contributed by atoms with van der Waals surface area (Å²) in [5.74, 6) is 1.25. The van der Waals surface area contributed by atoms with Gasteiger partial charge in [0.25, 0.3) is 5.91 Å². The van der Waals surface area contributed by atoms with Gasteiger partial charge in [0.05, 0.1) is 18.4 Å². The van der Waals surface area contributed by atoms with Crippen molar-refractivity contribution >= 4 is 23.9 Å². The normalized spacial score (nSPS) is 11.0. The second-order valence-electron chi connectivity index (χ2n) is 7.73. The molecule has 7 heteroatoms. The first kappa shape index (κ1) is 23.3. The maximum Gasteiger partial charge on any atom is 0.271 e. The minimum absolute atomic E-state index is 0.261. The standard InChI is InChI=1S/C27H26N4O2S/c1-19-7-8-20(2)31(19)24-12-10-22(11-13-24)27(32)30-29-17-21-9-14-25(33-3)23(16-21)18-34-26-6-4-5-15-28-26/h4-17H,18H2,1-3H3,(H,30,32)/b29-17-. The number of aromatic nitrogens is 2. The fraction of sp³-hybridized carbons (Fsp3) is 0.148. The number of hydrogen-bond acceptors (Lipinski definition) is 5. The van der Waals surface area contributed by atoms with Crippen LogP contribution in [0.15, 0.2) is 89.1 Å². The van der Waals surface area contributed by atoms with Crippen LogP contribution in [0.4, 0.5) is 0 Å². The lowest BCUT2D eigenvalue weighted by molar-refractivity contribution is 0.0955. The summed E-state index contributed by atoms with van der Waals surface area (Å²) in [5.41, 5.74) is 8.37. The summed E-state index contributed by atoms with van der Waals surface area (Å²) in [6.07, 6.45) is 3.41. The molecule has 0 radical (unpaired) electrons. The number of thioether (sulfide) groups is 1. The number of carbonyl (C=O) groups excluding carboxylic acids is 1. The lowest BCUT2D eigenvalue weighted by Gasteiger charge is -2.10. The topological polar surface area (TPSA) is 68.5 Å². The molecule has 2 aromatic heterocycles. The summed E-state index contributed by atoms with van der Waals surface area (Å²) in [5, 5.41) is 5.09. The van der Waals surface area contributed by atoms with Crippen LogP contribution in [0.2, 0.25) is 0 Å². The highest BCUT2D eigenvalue weighted by molar-refractivity contribution is 7.98. The number of aryl methyl sites for hydroxylation is 2. The molecule has 2 heterocycles. The maximum atomic E-state index is 12.5. The summed E-state index contributed by atoms with van der Waals surface area (Å²) >= 11 is 1.63. The number of hydrazone groups is 1. The van der Waals surface area contributed by atoms with E-state index in [1.807, 2.05) is 48.5 Å². The molecule has 0 spiro atoms. The van der Waals surface area contributed by atoms with Crippen molar-refractivity contribution in [2.75, 3.05) is 7.11 Å². The van der Waals surface area contributed by atoms with Gasteiger partial charge in [0.1, 0.15) is 5.75 Å². The third kappa shape index (κ3) is 5.55. The van der Waals surface area contributed by atoms with Crippen LogP contribution in [0, 0.1) is 13.8 Å². The molecule has 4 aromatic rings. The van der Waals surface area contributed by atoms with Crippen molar-refractivity contribution in [3.8, 4) is 11.4 Å². The van der Waals surface area contributed by atoms with Gasteiger partial charge in [-0.25, -0.2) is 10.4 Å². The summed E-state index contributed by atoms with van der Waals surface area (Å²) in [4.78, 5) is 16.9. The molecule has 0 bridgehead atoms. The van der Waals surface area contributed by atoms with E-state index in [9.17, 15) is 4.79 Å². The Labute approximate surface area is 203 Å². The highest BCUT2D eigenvalue weighted by Gasteiger charge is 2.08. The van der Waals surface area contributed by atoms with Gasteiger partial charge in [-0.05, 0) is 86.1 Å². The fourth-order valence-corrected chi connectivity index (χ4v) is 4.48. The number of methoxy groups -OCH3 is 1. The molecule has 1 amide bonds. The summed E-state index contributed by atoms with van der Waals surface area (Å²) < 4.78 is 7.64. The molecule has 172 valence electrons. The first-order valence-electron chi connectivity index (χ1n) is 10.8. The van der Waals surface area contributed by atoms with Gasteiger partial charge in [-0.15, -0.1) is 11.8 Å². The number of nitrogens with zero attached hydrogens (tertiary/aromatic N) is 3. The van der Waals surface area contributed by atoms with Crippen LogP contribution in [0.3, 0.4) is 0 Å². The first-order valence-corrected chi connectivity index (χ1v) is 11.8. The van der Waals surface area contributed by atoms with Gasteiger partial charge in [-0.3, -0.25) is 4.79 Å². The van der Waals surface area contributed by atoms with Gasteiger partial charge in [0.2, 0.25) is 0 Å². The van der Waals surface area contributed by atoms with Crippen molar-refractivity contribution in [1.82, 2.24) is 15.0 Å². The highest BCUT2D eigenvalue weighted by atomic mass is 32.2. The third-order valence-corrected chi connectivity index (χ3v) is 6.35. The molecule has 0 saturated carbocycles. The third-order valence-electron chi connectivity index (χ3n) is 5.36. The molecule has 0 atom stereocenters. The summed E-state index contributed by atoms with van der Waals surface area (Å²) in [6.45, 7) is 4.12. The molecule has 2 aromatic carbocycles. The monoisotopic (exact) mass is 470 g/mol. The van der Waals surface area contributed by atoms with E-state index in [-0.39, 0.29) is 5.91 Å². The lowest BCUT2D eigenvalue weighted by Crippen LogP contribution is -2.17. The Morgan fingerprint density at radius 3 is 2.50 bits per heavy atom. The van der Waals surface area contributed by atoms with Crippen molar-refractivity contribution in [2.24, 2.45) is 5.10 Å². The molecule has 0 aliphatic rings. The molecular formula is C27H26N4O2S. The quantitative estimate of drug-likeness (QED) is 0.208. The van der Waals surface area contributed by atoms with Crippen LogP contribution >= 0.6 is 11.8 Å². The molecule has 1 N–H and O–H groups in total. The molecule has 4 rings (SSSR count). The number of rotatable bonds is 8. The van der Waals surface area contributed by atoms with Crippen molar-refractivity contribution in [3.63, 3.8) is 0 Å². The van der Waals surface area contributed by atoms with Crippen molar-refractivity contribution < 1.29 is 9.53 Å². The number of carbonyl (C=O) groups is 1. The number of hydrogen-bond donors (Lipinski definition) is 1. The Bertz CT molecular complexity index is 1280. The largest absolute Gasteiger partial charge is 0.496 e. The van der Waals surface area contributed by atoms with E-state index in [4.69, 9.17) is 4.74 Å². The van der Waals surface area contributed by atoms with Crippen molar-refractivity contribution in [2.45, 2.75) is 24.6 Å². The Kier molecular flexibility index (Phi) is 7.44. The zero-order chi connectivity index (χ0) is 23.9. The maximum absolute atomic E-state index is 12.5. The average molecular weight is 471 g/mol. The van der Waals surface area contributed by atoms with Gasteiger partial charge in [0, 0.05) is 40.2 Å². The molecule has 0 saturated heterocycles. The van der Waals surface area contributed by atoms with Gasteiger partial charge >= 0.3 is 0 Å². The molecule has 0 aliphatic heterocycles. The van der Waals surface area contributed by atoms with Crippen LogP contribution in [0.5, 0.6) is 5.75 Å². The molecular weight excluding hydrogens is 444 g/mol. The highest BCUT2D eigenvalue weighted by Crippen LogP contribution is 2.27. The predicted molar refractivity (Wildman–Crippen MR) is 137 cm³/mol. The first-order chi connectivity index (χ1) is 16.5. The zero-order valence-electron chi connectivity index (χ0n) is 19.4. The van der Waals surface area contributed by atoms with Gasteiger partial charge in [0.15, 0.2) is 0 Å². The minimum Gasteiger partial charge on any atom is -0.496 e. The molecule has 0 aliphatic carbocycles. The Morgan fingerprint density at radius 1 is 1.06 bits per heavy atom. The average Bonchev–Trinajstić information content (AvgIpc) is 3.21. The Hall–Kier alpha value is -3.84. The number of pyridine rings is 1. The van der Waals surface area contributed by atoms with Crippen LogP contribution in [-0.4, -0.2) is 28.8 Å². The van der Waals surface area contributed by atoms with Crippen molar-refractivity contribution in [1.29, 1.82) is 0 Å².